The molecule has 3 unspecified atom stereocenters. The van der Waals surface area contributed by atoms with E-state index in [-0.39, 0.29) is 25.9 Å². The summed E-state index contributed by atoms with van der Waals surface area (Å²) in [6, 6.07) is 0. The molecule has 0 aromatic rings. The number of esters is 3. The van der Waals surface area contributed by atoms with Gasteiger partial charge < -0.3 is 24.2 Å². The number of aliphatic hydroxyl groups is 1. The van der Waals surface area contributed by atoms with Crippen molar-refractivity contribution >= 4 is 25.7 Å². The van der Waals surface area contributed by atoms with Crippen LogP contribution >= 0.6 is 7.82 Å². The molecule has 0 bridgehead atoms. The van der Waals surface area contributed by atoms with Crippen LogP contribution in [0.3, 0.4) is 0 Å². The van der Waals surface area contributed by atoms with E-state index in [1.54, 1.807) is 0 Å². The Morgan fingerprint density at radius 2 is 0.583 bits per heavy atom. The van der Waals surface area contributed by atoms with E-state index in [4.69, 9.17) is 23.3 Å². The van der Waals surface area contributed by atoms with Crippen LogP contribution in [0.15, 0.2) is 60.8 Å². The predicted octanol–water partition coefficient (Wildman–Crippen LogP) is 21.8. The number of rotatable bonds is 66. The molecule has 0 aliphatic carbocycles. The molecule has 11 nitrogen and oxygen atoms in total. The van der Waals surface area contributed by atoms with Crippen molar-refractivity contribution in [3.05, 3.63) is 60.8 Å². The SMILES string of the molecule is CCCCC/C=C\C/C=C\C/C=C\CCCCCCCCC(=O)OCC(COP(=O)(O)OCC(CO)OC(=O)CCCCCCCCCCCCCCCCCCCCC)OC(=O)CCCCCCCCCCC/C=C\C/C=C\CCCCC. The lowest BCUT2D eigenvalue weighted by atomic mass is 10.0. The van der Waals surface area contributed by atoms with Crippen molar-refractivity contribution in [1.82, 2.24) is 0 Å². The summed E-state index contributed by atoms with van der Waals surface area (Å²) in [4.78, 5) is 48.9. The average molecular weight is 1200 g/mol. The molecule has 0 spiro atoms. The Hall–Kier alpha value is -2.82. The molecule has 0 aliphatic heterocycles. The van der Waals surface area contributed by atoms with Crippen LogP contribution in [0, 0.1) is 0 Å². The van der Waals surface area contributed by atoms with Gasteiger partial charge in [-0.25, -0.2) is 4.57 Å². The minimum absolute atomic E-state index is 0.161. The first-order valence-electron chi connectivity index (χ1n) is 35.2. The Morgan fingerprint density at radius 1 is 0.333 bits per heavy atom. The van der Waals surface area contributed by atoms with Gasteiger partial charge in [0, 0.05) is 19.3 Å². The van der Waals surface area contributed by atoms with E-state index < -0.39 is 57.8 Å². The molecule has 2 N–H and O–H groups in total. The number of carbonyl (C=O) groups is 3. The number of aliphatic hydroxyl groups excluding tert-OH is 1. The third-order valence-corrected chi connectivity index (χ3v) is 16.4. The van der Waals surface area contributed by atoms with Crippen molar-refractivity contribution in [2.45, 2.75) is 354 Å². The van der Waals surface area contributed by atoms with Gasteiger partial charge in [-0.05, 0) is 89.9 Å². The molecule has 490 valence electrons. The molecule has 3 atom stereocenters. The summed E-state index contributed by atoms with van der Waals surface area (Å²) in [5.41, 5.74) is 0. The molecule has 0 saturated carbocycles. The zero-order chi connectivity index (χ0) is 61.2. The van der Waals surface area contributed by atoms with E-state index in [0.29, 0.717) is 19.3 Å². The van der Waals surface area contributed by atoms with Crippen LogP contribution in [-0.2, 0) is 42.2 Å². The monoisotopic (exact) mass is 1200 g/mol. The summed E-state index contributed by atoms with van der Waals surface area (Å²) in [7, 11) is -4.76. The lowest BCUT2D eigenvalue weighted by Crippen LogP contribution is -2.30. The summed E-state index contributed by atoms with van der Waals surface area (Å²) in [6.07, 6.45) is 75.9. The van der Waals surface area contributed by atoms with Crippen LogP contribution < -0.4 is 0 Å². The number of unbranched alkanes of at least 4 members (excludes halogenated alkanes) is 39. The van der Waals surface area contributed by atoms with Gasteiger partial charge in [0.1, 0.15) is 12.7 Å². The van der Waals surface area contributed by atoms with Crippen LogP contribution in [0.5, 0.6) is 0 Å². The maximum Gasteiger partial charge on any atom is 0.472 e. The minimum Gasteiger partial charge on any atom is -0.462 e. The number of hydrogen-bond donors (Lipinski definition) is 2. The highest BCUT2D eigenvalue weighted by molar-refractivity contribution is 7.47. The second kappa shape index (κ2) is 66.1. The molecule has 0 radical (unpaired) electrons. The fourth-order valence-electron chi connectivity index (χ4n) is 10.0. The number of phosphoric acid groups is 1. The third-order valence-electron chi connectivity index (χ3n) is 15.4. The van der Waals surface area contributed by atoms with Crippen molar-refractivity contribution in [1.29, 1.82) is 0 Å². The van der Waals surface area contributed by atoms with Crippen LogP contribution in [-0.4, -0.2) is 66.5 Å². The van der Waals surface area contributed by atoms with Crippen molar-refractivity contribution in [3.8, 4) is 0 Å². The molecule has 0 saturated heterocycles. The Balaban J connectivity index is 4.67. The van der Waals surface area contributed by atoms with E-state index in [2.05, 4.69) is 81.5 Å². The molecule has 0 fully saturated rings. The van der Waals surface area contributed by atoms with Gasteiger partial charge in [0.25, 0.3) is 0 Å². The number of ether oxygens (including phenoxy) is 3. The standard InChI is InChI=1S/C72H131O11P/c1-4-7-10-13-16-19-22-25-28-31-34-37-40-43-46-49-52-55-58-61-70(74)79-65-69(83-72(76)63-60-57-54-51-48-45-42-39-36-33-30-27-24-21-18-15-12-9-6-3)67-81-84(77,78)80-66-68(64-73)82-71(75)62-59-56-53-50-47-44-41-38-35-32-29-26-23-20-17-14-11-8-5-2/h16,18-19,21,25,27-28,30,34,37,68-69,73H,4-15,17,20,22-24,26,29,31-33,35-36,38-67H2,1-3H3,(H,77,78)/b19-16-,21-18-,28-25-,30-27-,37-34-. The maximum atomic E-state index is 13.0. The molecule has 0 amide bonds. The predicted molar refractivity (Wildman–Crippen MR) is 353 cm³/mol. The number of phosphoric ester groups is 1. The fraction of sp³-hybridized carbons (Fsp3) is 0.819. The van der Waals surface area contributed by atoms with E-state index in [1.165, 1.54) is 180 Å². The highest BCUT2D eigenvalue weighted by atomic mass is 31.2. The highest BCUT2D eigenvalue weighted by Gasteiger charge is 2.28. The van der Waals surface area contributed by atoms with E-state index in [0.717, 1.165) is 103 Å². The van der Waals surface area contributed by atoms with Crippen LogP contribution in [0.25, 0.3) is 0 Å². The topological polar surface area (TPSA) is 155 Å². The van der Waals surface area contributed by atoms with Gasteiger partial charge in [0.15, 0.2) is 6.10 Å². The van der Waals surface area contributed by atoms with Crippen molar-refractivity contribution in [2.24, 2.45) is 0 Å². The minimum atomic E-state index is -4.76. The molecule has 0 aromatic heterocycles. The molecular weight excluding hydrogens is 1070 g/mol. The summed E-state index contributed by atoms with van der Waals surface area (Å²) in [6.45, 7) is 4.66. The van der Waals surface area contributed by atoms with Gasteiger partial charge >= 0.3 is 25.7 Å². The number of carbonyl (C=O) groups excluding carboxylic acids is 3. The zero-order valence-corrected chi connectivity index (χ0v) is 55.5. The van der Waals surface area contributed by atoms with Gasteiger partial charge in [0.2, 0.25) is 0 Å². The third kappa shape index (κ3) is 63.7. The Labute approximate surface area is 516 Å². The molecule has 0 rings (SSSR count). The fourth-order valence-corrected chi connectivity index (χ4v) is 10.8. The van der Waals surface area contributed by atoms with Gasteiger partial charge in [-0.2, -0.15) is 0 Å². The second-order valence-corrected chi connectivity index (χ2v) is 25.2. The molecule has 84 heavy (non-hydrogen) atoms. The van der Waals surface area contributed by atoms with E-state index >= 15 is 0 Å². The number of hydrogen-bond acceptors (Lipinski definition) is 10. The van der Waals surface area contributed by atoms with Gasteiger partial charge in [-0.1, -0.05) is 293 Å². The smallest absolute Gasteiger partial charge is 0.462 e. The summed E-state index contributed by atoms with van der Waals surface area (Å²) in [5, 5.41) is 9.89. The largest absolute Gasteiger partial charge is 0.472 e. The summed E-state index contributed by atoms with van der Waals surface area (Å²) < 4.78 is 39.8. The van der Waals surface area contributed by atoms with Gasteiger partial charge in [-0.15, -0.1) is 0 Å². The quantitative estimate of drug-likeness (QED) is 0.0197. The van der Waals surface area contributed by atoms with Gasteiger partial charge in [0.05, 0.1) is 19.8 Å². The highest BCUT2D eigenvalue weighted by Crippen LogP contribution is 2.43. The Bertz CT molecular complexity index is 1640. The van der Waals surface area contributed by atoms with Crippen LogP contribution in [0.2, 0.25) is 0 Å². The first kappa shape index (κ1) is 81.2. The van der Waals surface area contributed by atoms with Crippen molar-refractivity contribution < 1.29 is 52.2 Å². The zero-order valence-electron chi connectivity index (χ0n) is 54.6. The molecule has 0 heterocycles. The summed E-state index contributed by atoms with van der Waals surface area (Å²) >= 11 is 0. The first-order valence-corrected chi connectivity index (χ1v) is 36.7. The second-order valence-electron chi connectivity index (χ2n) is 23.7. The molecular formula is C72H131O11P. The summed E-state index contributed by atoms with van der Waals surface area (Å²) in [5.74, 6) is -1.46. The Morgan fingerprint density at radius 3 is 0.917 bits per heavy atom. The maximum absolute atomic E-state index is 13.0. The van der Waals surface area contributed by atoms with Crippen LogP contribution in [0.4, 0.5) is 0 Å². The van der Waals surface area contributed by atoms with Crippen molar-refractivity contribution in [3.63, 3.8) is 0 Å². The lowest BCUT2D eigenvalue weighted by Gasteiger charge is -2.21. The molecule has 0 aromatic carbocycles. The normalized spacial score (nSPS) is 13.5. The van der Waals surface area contributed by atoms with Gasteiger partial charge in [-0.3, -0.25) is 23.4 Å². The van der Waals surface area contributed by atoms with Crippen LogP contribution in [0.1, 0.15) is 342 Å². The van der Waals surface area contributed by atoms with E-state index in [1.807, 2.05) is 0 Å². The van der Waals surface area contributed by atoms with E-state index in [9.17, 15) is 28.9 Å². The lowest BCUT2D eigenvalue weighted by molar-refractivity contribution is -0.161. The molecule has 0 aliphatic rings. The first-order chi connectivity index (χ1) is 41.2. The Kier molecular flexibility index (Phi) is 63.9. The molecule has 12 heteroatoms. The number of allylic oxidation sites excluding steroid dienone is 10. The average Bonchev–Trinajstić information content (AvgIpc) is 3.55. The van der Waals surface area contributed by atoms with Crippen molar-refractivity contribution in [2.75, 3.05) is 26.4 Å².